The molecule has 1 aliphatic rings. The highest BCUT2D eigenvalue weighted by Crippen LogP contribution is 2.32. The molecule has 112 valence electrons. The minimum absolute atomic E-state index is 0.166. The van der Waals surface area contributed by atoms with E-state index in [-0.39, 0.29) is 17.9 Å². The molecule has 0 saturated heterocycles. The minimum Gasteiger partial charge on any atom is -0.486 e. The summed E-state index contributed by atoms with van der Waals surface area (Å²) >= 11 is 0. The first-order chi connectivity index (χ1) is 9.38. The Hall–Kier alpha value is -1.30. The molecule has 1 aromatic rings. The molecular weight excluding hydrogens is 274 g/mol. The first-order valence-electron chi connectivity index (χ1n) is 6.67. The molecule has 6 heteroatoms. The predicted molar refractivity (Wildman–Crippen MR) is 66.9 cm³/mol. The van der Waals surface area contributed by atoms with E-state index in [1.165, 1.54) is 0 Å². The SMILES string of the molecule is NC1CCCCCC1Oc1ccc(C(F)(F)F)cc1F. The van der Waals surface area contributed by atoms with Gasteiger partial charge in [0.25, 0.3) is 0 Å². The zero-order valence-corrected chi connectivity index (χ0v) is 10.9. The van der Waals surface area contributed by atoms with E-state index in [9.17, 15) is 17.6 Å². The van der Waals surface area contributed by atoms with Crippen molar-refractivity contribution in [1.29, 1.82) is 0 Å². The Morgan fingerprint density at radius 1 is 1.10 bits per heavy atom. The summed E-state index contributed by atoms with van der Waals surface area (Å²) in [4.78, 5) is 0. The molecular formula is C14H17F4NO. The fraction of sp³-hybridized carbons (Fsp3) is 0.571. The van der Waals surface area contributed by atoms with Crippen LogP contribution in [0.25, 0.3) is 0 Å². The number of halogens is 4. The number of nitrogens with two attached hydrogens (primary N) is 1. The van der Waals surface area contributed by atoms with E-state index in [0.29, 0.717) is 12.5 Å². The zero-order chi connectivity index (χ0) is 14.8. The van der Waals surface area contributed by atoms with Crippen molar-refractivity contribution in [2.75, 3.05) is 0 Å². The molecule has 0 amide bonds. The molecule has 1 aromatic carbocycles. The third-order valence-electron chi connectivity index (χ3n) is 3.54. The van der Waals surface area contributed by atoms with Crippen molar-refractivity contribution in [2.45, 2.75) is 50.4 Å². The molecule has 1 saturated carbocycles. The average Bonchev–Trinajstić information content (AvgIpc) is 2.56. The molecule has 0 spiro atoms. The van der Waals surface area contributed by atoms with Crippen molar-refractivity contribution in [2.24, 2.45) is 5.73 Å². The number of alkyl halides is 3. The summed E-state index contributed by atoms with van der Waals surface area (Å²) in [6.07, 6.45) is -0.448. The van der Waals surface area contributed by atoms with Crippen LogP contribution in [-0.2, 0) is 6.18 Å². The van der Waals surface area contributed by atoms with Gasteiger partial charge in [0.2, 0.25) is 0 Å². The van der Waals surface area contributed by atoms with Crippen molar-refractivity contribution < 1.29 is 22.3 Å². The average molecular weight is 291 g/mol. The first kappa shape index (κ1) is 15.1. The smallest absolute Gasteiger partial charge is 0.416 e. The standard InChI is InChI=1S/C14H17F4NO/c15-10-8-9(14(16,17)18)6-7-12(10)20-13-5-3-1-2-4-11(13)19/h6-8,11,13H,1-5,19H2. The Morgan fingerprint density at radius 2 is 1.80 bits per heavy atom. The summed E-state index contributed by atoms with van der Waals surface area (Å²) < 4.78 is 56.5. The van der Waals surface area contributed by atoms with Crippen molar-refractivity contribution >= 4 is 0 Å². The molecule has 2 unspecified atom stereocenters. The Morgan fingerprint density at radius 3 is 2.45 bits per heavy atom. The molecule has 0 bridgehead atoms. The van der Waals surface area contributed by atoms with Crippen molar-refractivity contribution in [3.8, 4) is 5.75 Å². The lowest BCUT2D eigenvalue weighted by atomic mass is 10.1. The van der Waals surface area contributed by atoms with Gasteiger partial charge in [0.1, 0.15) is 6.10 Å². The molecule has 1 fully saturated rings. The lowest BCUT2D eigenvalue weighted by Gasteiger charge is -2.23. The van der Waals surface area contributed by atoms with Gasteiger partial charge in [-0.25, -0.2) is 4.39 Å². The Bertz CT molecular complexity index is 461. The van der Waals surface area contributed by atoms with Crippen LogP contribution in [0.5, 0.6) is 5.75 Å². The van der Waals surface area contributed by atoms with Crippen LogP contribution in [0, 0.1) is 5.82 Å². The van der Waals surface area contributed by atoms with Crippen LogP contribution in [0.2, 0.25) is 0 Å². The fourth-order valence-electron chi connectivity index (χ4n) is 2.38. The molecule has 0 heterocycles. The predicted octanol–water partition coefficient (Wildman–Crippen LogP) is 3.88. The van der Waals surface area contributed by atoms with Gasteiger partial charge in [0.15, 0.2) is 11.6 Å². The van der Waals surface area contributed by atoms with Gasteiger partial charge >= 0.3 is 6.18 Å². The second kappa shape index (κ2) is 5.99. The van der Waals surface area contributed by atoms with E-state index < -0.39 is 17.6 Å². The summed E-state index contributed by atoms with van der Waals surface area (Å²) in [6.45, 7) is 0. The first-order valence-corrected chi connectivity index (χ1v) is 6.67. The highest BCUT2D eigenvalue weighted by atomic mass is 19.4. The number of hydrogen-bond acceptors (Lipinski definition) is 2. The van der Waals surface area contributed by atoms with Crippen LogP contribution in [0.3, 0.4) is 0 Å². The topological polar surface area (TPSA) is 35.2 Å². The van der Waals surface area contributed by atoms with Gasteiger partial charge in [-0.1, -0.05) is 12.8 Å². The maximum atomic E-state index is 13.7. The monoisotopic (exact) mass is 291 g/mol. The van der Waals surface area contributed by atoms with Crippen LogP contribution in [0.15, 0.2) is 18.2 Å². The summed E-state index contributed by atoms with van der Waals surface area (Å²) in [5.41, 5.74) is 4.93. The van der Waals surface area contributed by atoms with Crippen LogP contribution in [0.4, 0.5) is 17.6 Å². The van der Waals surface area contributed by atoms with E-state index in [1.807, 2.05) is 0 Å². The van der Waals surface area contributed by atoms with Gasteiger partial charge in [-0.15, -0.1) is 0 Å². The molecule has 2 nitrogen and oxygen atoms in total. The second-order valence-electron chi connectivity index (χ2n) is 5.10. The molecule has 1 aliphatic carbocycles. The summed E-state index contributed by atoms with van der Waals surface area (Å²) in [5, 5.41) is 0. The van der Waals surface area contributed by atoms with E-state index in [4.69, 9.17) is 10.5 Å². The van der Waals surface area contributed by atoms with Crippen molar-refractivity contribution in [3.05, 3.63) is 29.6 Å². The van der Waals surface area contributed by atoms with Gasteiger partial charge in [-0.05, 0) is 37.5 Å². The van der Waals surface area contributed by atoms with Crippen LogP contribution >= 0.6 is 0 Å². The fourth-order valence-corrected chi connectivity index (χ4v) is 2.38. The third kappa shape index (κ3) is 3.62. The Labute approximate surface area is 114 Å². The van der Waals surface area contributed by atoms with E-state index in [0.717, 1.165) is 37.8 Å². The van der Waals surface area contributed by atoms with Gasteiger partial charge in [0.05, 0.1) is 5.56 Å². The molecule has 0 aliphatic heterocycles. The van der Waals surface area contributed by atoms with Crippen molar-refractivity contribution in [1.82, 2.24) is 0 Å². The van der Waals surface area contributed by atoms with E-state index in [2.05, 4.69) is 0 Å². The molecule has 0 radical (unpaired) electrons. The number of ether oxygens (including phenoxy) is 1. The Balaban J connectivity index is 2.13. The molecule has 2 rings (SSSR count). The quantitative estimate of drug-likeness (QED) is 0.663. The second-order valence-corrected chi connectivity index (χ2v) is 5.10. The molecule has 20 heavy (non-hydrogen) atoms. The number of benzene rings is 1. The summed E-state index contributed by atoms with van der Waals surface area (Å²) in [6, 6.07) is 2.09. The lowest BCUT2D eigenvalue weighted by molar-refractivity contribution is -0.137. The largest absolute Gasteiger partial charge is 0.486 e. The van der Waals surface area contributed by atoms with Crippen molar-refractivity contribution in [3.63, 3.8) is 0 Å². The zero-order valence-electron chi connectivity index (χ0n) is 10.9. The van der Waals surface area contributed by atoms with Gasteiger partial charge < -0.3 is 10.5 Å². The van der Waals surface area contributed by atoms with Crippen LogP contribution in [0.1, 0.15) is 37.7 Å². The van der Waals surface area contributed by atoms with Gasteiger partial charge in [-0.2, -0.15) is 13.2 Å². The third-order valence-corrected chi connectivity index (χ3v) is 3.54. The highest BCUT2D eigenvalue weighted by molar-refractivity contribution is 5.31. The van der Waals surface area contributed by atoms with Gasteiger partial charge in [0, 0.05) is 6.04 Å². The van der Waals surface area contributed by atoms with E-state index >= 15 is 0 Å². The Kier molecular flexibility index (Phi) is 4.52. The molecule has 0 aromatic heterocycles. The normalized spacial score (nSPS) is 24.2. The van der Waals surface area contributed by atoms with Gasteiger partial charge in [-0.3, -0.25) is 0 Å². The maximum absolute atomic E-state index is 13.7. The number of rotatable bonds is 2. The molecule has 2 atom stereocenters. The van der Waals surface area contributed by atoms with Crippen LogP contribution < -0.4 is 10.5 Å². The number of hydrogen-bond donors (Lipinski definition) is 1. The molecule has 2 N–H and O–H groups in total. The van der Waals surface area contributed by atoms with E-state index in [1.54, 1.807) is 0 Å². The highest BCUT2D eigenvalue weighted by Gasteiger charge is 2.32. The lowest BCUT2D eigenvalue weighted by Crippen LogP contribution is -2.38. The van der Waals surface area contributed by atoms with Crippen LogP contribution in [-0.4, -0.2) is 12.1 Å². The maximum Gasteiger partial charge on any atom is 0.416 e. The minimum atomic E-state index is -4.56. The summed E-state index contributed by atoms with van der Waals surface area (Å²) in [7, 11) is 0. The summed E-state index contributed by atoms with van der Waals surface area (Å²) in [5.74, 6) is -1.17.